The number of carbonyl (C=O) groups excluding carboxylic acids is 1. The van der Waals surface area contributed by atoms with Crippen molar-refractivity contribution < 1.29 is 13.2 Å². The summed E-state index contributed by atoms with van der Waals surface area (Å²) in [4.78, 5) is 14.3. The Kier molecular flexibility index (Phi) is 7.92. The van der Waals surface area contributed by atoms with Crippen LogP contribution in [-0.4, -0.2) is 38.1 Å². The second-order valence-corrected chi connectivity index (χ2v) is 10.9. The summed E-state index contributed by atoms with van der Waals surface area (Å²) in [6.07, 6.45) is 3.10. The molecular weight excluding hydrogens is 448 g/mol. The number of nitrogens with one attached hydrogen (secondary N) is 2. The fourth-order valence-electron chi connectivity index (χ4n) is 3.12. The summed E-state index contributed by atoms with van der Waals surface area (Å²) in [5.74, 6) is 1.23. The molecule has 3 rings (SSSR count). The van der Waals surface area contributed by atoms with E-state index in [2.05, 4.69) is 10.0 Å². The van der Waals surface area contributed by atoms with Gasteiger partial charge in [-0.1, -0.05) is 29.8 Å². The van der Waals surface area contributed by atoms with E-state index < -0.39 is 16.1 Å². The van der Waals surface area contributed by atoms with Gasteiger partial charge in [-0.25, -0.2) is 8.42 Å². The van der Waals surface area contributed by atoms with Gasteiger partial charge in [-0.2, -0.15) is 16.5 Å². The average molecular weight is 471 g/mol. The fraction of sp³-hybridized carbons (Fsp3) is 0.350. The number of hydrogen-bond acceptors (Lipinski definition) is 5. The summed E-state index contributed by atoms with van der Waals surface area (Å²) in [6.45, 7) is 0. The number of thioether (sulfide) groups is 2. The monoisotopic (exact) mass is 470 g/mol. The first kappa shape index (κ1) is 22.5. The third-order valence-electron chi connectivity index (χ3n) is 4.61. The van der Waals surface area contributed by atoms with Crippen molar-refractivity contribution in [3.8, 4) is 0 Å². The Labute approximate surface area is 185 Å². The lowest BCUT2D eigenvalue weighted by Gasteiger charge is -2.28. The maximum Gasteiger partial charge on any atom is 0.241 e. The summed E-state index contributed by atoms with van der Waals surface area (Å²) in [5, 5.41) is 3.66. The van der Waals surface area contributed by atoms with E-state index in [0.29, 0.717) is 17.2 Å². The fourth-order valence-corrected chi connectivity index (χ4v) is 6.13. The standard InChI is InChI=1S/C20H23ClN2O3S3/c1-27-11-9-18(23-29(25,26)15-5-3-2-4-6-15)20(24)22-17-10-12-28-19-8-7-14(21)13-16(17)19/h2-8,13,17-18,23H,9-12H2,1H3,(H,22,24)/t17-,18-/m1/s1. The molecule has 0 bridgehead atoms. The number of hydrogen-bond donors (Lipinski definition) is 2. The van der Waals surface area contributed by atoms with Gasteiger partial charge in [-0.3, -0.25) is 4.79 Å². The van der Waals surface area contributed by atoms with Crippen molar-refractivity contribution in [3.05, 3.63) is 59.1 Å². The van der Waals surface area contributed by atoms with Crippen LogP contribution in [0.4, 0.5) is 0 Å². The van der Waals surface area contributed by atoms with Gasteiger partial charge in [0.25, 0.3) is 0 Å². The molecule has 1 aliphatic rings. The van der Waals surface area contributed by atoms with Crippen molar-refractivity contribution in [2.24, 2.45) is 0 Å². The van der Waals surface area contributed by atoms with Crippen molar-refractivity contribution in [1.82, 2.24) is 10.0 Å². The van der Waals surface area contributed by atoms with Gasteiger partial charge in [0.05, 0.1) is 10.9 Å². The molecule has 2 atom stereocenters. The molecule has 0 fully saturated rings. The van der Waals surface area contributed by atoms with Crippen LogP contribution in [0.5, 0.6) is 0 Å². The molecule has 9 heteroatoms. The molecule has 0 spiro atoms. The van der Waals surface area contributed by atoms with Crippen LogP contribution in [-0.2, 0) is 14.8 Å². The molecule has 0 saturated carbocycles. The van der Waals surface area contributed by atoms with Crippen LogP contribution in [0.2, 0.25) is 5.02 Å². The number of rotatable bonds is 8. The SMILES string of the molecule is CSCC[C@@H](NS(=O)(=O)c1ccccc1)C(=O)N[C@@H]1CCSc2ccc(Cl)cc21. The Hall–Kier alpha value is -1.19. The average Bonchev–Trinajstić information content (AvgIpc) is 2.72. The summed E-state index contributed by atoms with van der Waals surface area (Å²) < 4.78 is 28.0. The number of sulfonamides is 1. The third-order valence-corrected chi connectivity index (χ3v) is 8.10. The summed E-state index contributed by atoms with van der Waals surface area (Å²) in [7, 11) is -3.79. The molecule has 0 unspecified atom stereocenters. The highest BCUT2D eigenvalue weighted by Crippen LogP contribution is 2.37. The zero-order valence-electron chi connectivity index (χ0n) is 15.9. The smallest absolute Gasteiger partial charge is 0.241 e. The Bertz CT molecular complexity index is 955. The van der Waals surface area contributed by atoms with E-state index in [9.17, 15) is 13.2 Å². The Morgan fingerprint density at radius 3 is 2.76 bits per heavy atom. The molecule has 1 heterocycles. The van der Waals surface area contributed by atoms with E-state index in [0.717, 1.165) is 22.6 Å². The zero-order chi connectivity index (χ0) is 20.9. The van der Waals surface area contributed by atoms with E-state index in [1.807, 2.05) is 24.5 Å². The molecule has 1 amide bonds. The van der Waals surface area contributed by atoms with E-state index in [1.165, 1.54) is 12.1 Å². The van der Waals surface area contributed by atoms with Crippen LogP contribution in [0.15, 0.2) is 58.3 Å². The Morgan fingerprint density at radius 2 is 2.03 bits per heavy atom. The Balaban J connectivity index is 1.78. The van der Waals surface area contributed by atoms with E-state index in [4.69, 9.17) is 11.6 Å². The second kappa shape index (κ2) is 10.2. The highest BCUT2D eigenvalue weighted by molar-refractivity contribution is 7.99. The largest absolute Gasteiger partial charge is 0.348 e. The van der Waals surface area contributed by atoms with Crippen LogP contribution >= 0.6 is 35.1 Å². The molecule has 1 aliphatic heterocycles. The maximum absolute atomic E-state index is 13.0. The minimum Gasteiger partial charge on any atom is -0.348 e. The minimum atomic E-state index is -3.79. The topological polar surface area (TPSA) is 75.3 Å². The predicted molar refractivity (Wildman–Crippen MR) is 121 cm³/mol. The molecule has 0 aliphatic carbocycles. The molecule has 0 radical (unpaired) electrons. The highest BCUT2D eigenvalue weighted by Gasteiger charge is 2.29. The number of fused-ring (bicyclic) bond motifs is 1. The first-order chi connectivity index (χ1) is 13.9. The lowest BCUT2D eigenvalue weighted by Crippen LogP contribution is -2.48. The first-order valence-corrected chi connectivity index (χ1v) is 13.4. The first-order valence-electron chi connectivity index (χ1n) is 9.19. The quantitative estimate of drug-likeness (QED) is 0.607. The number of carbonyl (C=O) groups is 1. The van der Waals surface area contributed by atoms with Gasteiger partial charge < -0.3 is 5.32 Å². The van der Waals surface area contributed by atoms with Gasteiger partial charge in [0.15, 0.2) is 0 Å². The number of halogens is 1. The molecule has 29 heavy (non-hydrogen) atoms. The molecule has 2 aromatic rings. The molecular formula is C20H23ClN2O3S3. The molecule has 2 aromatic carbocycles. The van der Waals surface area contributed by atoms with Crippen LogP contribution in [0.3, 0.4) is 0 Å². The third kappa shape index (κ3) is 5.92. The van der Waals surface area contributed by atoms with Crippen molar-refractivity contribution in [2.75, 3.05) is 17.8 Å². The molecule has 0 saturated heterocycles. The molecule has 5 nitrogen and oxygen atoms in total. The maximum atomic E-state index is 13.0. The van der Waals surface area contributed by atoms with Gasteiger partial charge in [0.2, 0.25) is 15.9 Å². The predicted octanol–water partition coefficient (Wildman–Crippen LogP) is 4.09. The summed E-state index contributed by atoms with van der Waals surface area (Å²) in [5.41, 5.74) is 0.983. The van der Waals surface area contributed by atoms with Gasteiger partial charge in [0, 0.05) is 15.7 Å². The van der Waals surface area contributed by atoms with Crippen LogP contribution in [0.25, 0.3) is 0 Å². The van der Waals surface area contributed by atoms with E-state index in [-0.39, 0.29) is 16.8 Å². The van der Waals surface area contributed by atoms with Gasteiger partial charge in [-0.15, -0.1) is 11.8 Å². The van der Waals surface area contributed by atoms with Gasteiger partial charge in [0.1, 0.15) is 6.04 Å². The number of amides is 1. The van der Waals surface area contributed by atoms with Crippen LogP contribution in [0.1, 0.15) is 24.4 Å². The van der Waals surface area contributed by atoms with Gasteiger partial charge in [-0.05, 0) is 60.7 Å². The molecule has 0 aromatic heterocycles. The minimum absolute atomic E-state index is 0.146. The lowest BCUT2D eigenvalue weighted by atomic mass is 10.0. The molecule has 2 N–H and O–H groups in total. The van der Waals surface area contributed by atoms with E-state index >= 15 is 0 Å². The van der Waals surface area contributed by atoms with Crippen molar-refractivity contribution in [2.45, 2.75) is 34.7 Å². The van der Waals surface area contributed by atoms with Crippen LogP contribution < -0.4 is 10.0 Å². The summed E-state index contributed by atoms with van der Waals surface area (Å²) >= 11 is 9.45. The normalized spacial score (nSPS) is 17.4. The number of benzene rings is 2. The van der Waals surface area contributed by atoms with Crippen LogP contribution in [0, 0.1) is 0 Å². The molecule has 156 valence electrons. The van der Waals surface area contributed by atoms with E-state index in [1.54, 1.807) is 41.7 Å². The zero-order valence-corrected chi connectivity index (χ0v) is 19.1. The van der Waals surface area contributed by atoms with Crippen molar-refractivity contribution in [3.63, 3.8) is 0 Å². The highest BCUT2D eigenvalue weighted by atomic mass is 35.5. The second-order valence-electron chi connectivity index (χ2n) is 6.65. The Morgan fingerprint density at radius 1 is 1.28 bits per heavy atom. The van der Waals surface area contributed by atoms with Gasteiger partial charge >= 0.3 is 0 Å². The van der Waals surface area contributed by atoms with Crippen molar-refractivity contribution >= 4 is 51.1 Å². The van der Waals surface area contributed by atoms with Crippen molar-refractivity contribution in [1.29, 1.82) is 0 Å². The lowest BCUT2D eigenvalue weighted by molar-refractivity contribution is -0.123. The summed E-state index contributed by atoms with van der Waals surface area (Å²) in [6, 6.07) is 12.7.